The van der Waals surface area contributed by atoms with Crippen molar-refractivity contribution in [2.75, 3.05) is 26.8 Å². The molecule has 1 aromatic heterocycles. The van der Waals surface area contributed by atoms with Crippen molar-refractivity contribution in [3.63, 3.8) is 0 Å². The molecule has 10 heteroatoms. The fourth-order valence-electron chi connectivity index (χ4n) is 6.87. The first kappa shape index (κ1) is 32.6. The van der Waals surface area contributed by atoms with Crippen LogP contribution in [0.4, 0.5) is 0 Å². The van der Waals surface area contributed by atoms with Crippen molar-refractivity contribution < 1.29 is 28.9 Å². The minimum absolute atomic E-state index is 0.117. The predicted octanol–water partition coefficient (Wildman–Crippen LogP) is 7.35. The third kappa shape index (κ3) is 6.30. The summed E-state index contributed by atoms with van der Waals surface area (Å²) >= 11 is 0. The molecule has 52 heavy (non-hydrogen) atoms. The number of aromatic nitrogens is 2. The number of carbonyl (C=O) groups excluding carboxylic acids is 2. The van der Waals surface area contributed by atoms with E-state index in [9.17, 15) is 14.7 Å². The van der Waals surface area contributed by atoms with Gasteiger partial charge in [-0.3, -0.25) is 9.59 Å². The van der Waals surface area contributed by atoms with Crippen LogP contribution in [0.1, 0.15) is 50.0 Å². The highest BCUT2D eigenvalue weighted by molar-refractivity contribution is 5.97. The van der Waals surface area contributed by atoms with Gasteiger partial charge in [-0.05, 0) is 90.2 Å². The minimum Gasteiger partial charge on any atom is -0.507 e. The molecule has 10 nitrogen and oxygen atoms in total. The predicted molar refractivity (Wildman–Crippen MR) is 196 cm³/mol. The lowest BCUT2D eigenvalue weighted by molar-refractivity contribution is 0.0684. The number of para-hydroxylation sites is 1. The normalized spacial score (nSPS) is 15.4. The van der Waals surface area contributed by atoms with E-state index in [1.54, 1.807) is 17.9 Å². The number of nitrogens with one attached hydrogen (secondary N) is 1. The molecule has 0 spiro atoms. The Hall–Kier alpha value is -6.55. The van der Waals surface area contributed by atoms with Crippen molar-refractivity contribution in [2.24, 2.45) is 0 Å². The number of aromatic hydroxyl groups is 1. The van der Waals surface area contributed by atoms with Crippen LogP contribution in [-0.4, -0.2) is 58.4 Å². The maximum atomic E-state index is 15.0. The third-order valence-electron chi connectivity index (χ3n) is 9.42. The van der Waals surface area contributed by atoms with Gasteiger partial charge in [0.2, 0.25) is 0 Å². The summed E-state index contributed by atoms with van der Waals surface area (Å²) in [6.45, 7) is 1.04. The van der Waals surface area contributed by atoms with Gasteiger partial charge < -0.3 is 29.5 Å². The standard InChI is InChI=1S/C42H36N4O6/c1-50-38-18-13-29-24-39(38)51-22-8-20-43-41(48)34-25-32(15-17-37(34)47)52-31-14-16-33-28(23-31)19-21-45(40(29)33)42(49)36-26-35(27-9-4-2-5-10-27)44-46(36)30-11-6-3-7-12-30/h2-7,9-18,23-26,40,47H,8,19-22H2,1H3,(H,43,48). The highest BCUT2D eigenvalue weighted by Gasteiger charge is 2.35. The number of nitrogens with zero attached hydrogens (tertiary/aromatic N) is 3. The van der Waals surface area contributed by atoms with Gasteiger partial charge in [-0.1, -0.05) is 60.7 Å². The zero-order valence-corrected chi connectivity index (χ0v) is 28.5. The molecule has 3 aliphatic rings. The maximum absolute atomic E-state index is 15.0. The van der Waals surface area contributed by atoms with Gasteiger partial charge in [0.05, 0.1) is 36.7 Å². The van der Waals surface area contributed by atoms with Gasteiger partial charge in [0.15, 0.2) is 11.5 Å². The number of ether oxygens (including phenoxy) is 3. The Kier molecular flexibility index (Phi) is 8.78. The summed E-state index contributed by atoms with van der Waals surface area (Å²) in [7, 11) is 1.59. The Balaban J connectivity index is 1.25. The summed E-state index contributed by atoms with van der Waals surface area (Å²) in [6, 6.07) is 37.1. The summed E-state index contributed by atoms with van der Waals surface area (Å²) in [6.07, 6.45) is 1.07. The summed E-state index contributed by atoms with van der Waals surface area (Å²) in [5.74, 6) is 1.35. The second-order valence-corrected chi connectivity index (χ2v) is 12.7. The molecule has 4 heterocycles. The van der Waals surface area contributed by atoms with E-state index in [1.165, 1.54) is 12.1 Å². The monoisotopic (exact) mass is 692 g/mol. The molecule has 8 bridgehead atoms. The van der Waals surface area contributed by atoms with Gasteiger partial charge in [0.1, 0.15) is 22.9 Å². The van der Waals surface area contributed by atoms with Gasteiger partial charge in [0, 0.05) is 18.7 Å². The average Bonchev–Trinajstić information content (AvgIpc) is 3.64. The lowest BCUT2D eigenvalue weighted by Crippen LogP contribution is -2.41. The fraction of sp³-hybridized carbons (Fsp3) is 0.167. The average molecular weight is 693 g/mol. The number of amides is 2. The summed E-state index contributed by atoms with van der Waals surface area (Å²) in [5, 5.41) is 18.2. The van der Waals surface area contributed by atoms with Crippen molar-refractivity contribution in [3.05, 3.63) is 149 Å². The van der Waals surface area contributed by atoms with Crippen LogP contribution in [0, 0.1) is 0 Å². The number of hydrogen-bond donors (Lipinski definition) is 2. The topological polar surface area (TPSA) is 115 Å². The summed E-state index contributed by atoms with van der Waals surface area (Å²) in [5.41, 5.74) is 5.78. The molecule has 2 amide bonds. The van der Waals surface area contributed by atoms with Crippen molar-refractivity contribution in [1.29, 1.82) is 0 Å². The second-order valence-electron chi connectivity index (χ2n) is 12.7. The number of phenolic OH excluding ortho intramolecular Hbond substituents is 1. The smallest absolute Gasteiger partial charge is 0.273 e. The number of phenols is 1. The van der Waals surface area contributed by atoms with Crippen LogP contribution < -0.4 is 19.5 Å². The summed E-state index contributed by atoms with van der Waals surface area (Å²) in [4.78, 5) is 29.8. The first-order valence-electron chi connectivity index (χ1n) is 17.2. The zero-order valence-electron chi connectivity index (χ0n) is 28.5. The molecule has 2 N–H and O–H groups in total. The van der Waals surface area contributed by atoms with Crippen molar-refractivity contribution in [2.45, 2.75) is 18.9 Å². The Morgan fingerprint density at radius 2 is 1.67 bits per heavy atom. The highest BCUT2D eigenvalue weighted by Crippen LogP contribution is 2.42. The Morgan fingerprint density at radius 1 is 0.904 bits per heavy atom. The van der Waals surface area contributed by atoms with Crippen LogP contribution >= 0.6 is 0 Å². The Bertz CT molecular complexity index is 2270. The van der Waals surface area contributed by atoms with Crippen LogP contribution in [0.25, 0.3) is 16.9 Å². The van der Waals surface area contributed by atoms with E-state index in [1.807, 2.05) is 108 Å². The van der Waals surface area contributed by atoms with E-state index in [2.05, 4.69) is 5.32 Å². The number of rotatable bonds is 4. The number of hydrogen-bond acceptors (Lipinski definition) is 7. The van der Waals surface area contributed by atoms with Crippen molar-refractivity contribution in [3.8, 4) is 45.7 Å². The van der Waals surface area contributed by atoms with Gasteiger partial charge >= 0.3 is 0 Å². The van der Waals surface area contributed by atoms with Crippen molar-refractivity contribution in [1.82, 2.24) is 20.0 Å². The number of carbonyl (C=O) groups is 2. The van der Waals surface area contributed by atoms with Crippen molar-refractivity contribution >= 4 is 11.8 Å². The molecule has 9 rings (SSSR count). The van der Waals surface area contributed by atoms with E-state index in [0.717, 1.165) is 27.9 Å². The third-order valence-corrected chi connectivity index (χ3v) is 9.42. The zero-order chi connectivity index (χ0) is 35.6. The number of benzene rings is 5. The first-order valence-corrected chi connectivity index (χ1v) is 17.2. The Morgan fingerprint density at radius 3 is 2.48 bits per heavy atom. The van der Waals surface area contributed by atoms with Crippen LogP contribution in [0.15, 0.2) is 121 Å². The number of methoxy groups -OCH3 is 1. The molecule has 0 aliphatic carbocycles. The molecular weight excluding hydrogens is 656 g/mol. The molecule has 0 saturated heterocycles. The molecule has 3 aliphatic heterocycles. The molecule has 0 saturated carbocycles. The molecular formula is C42H36N4O6. The highest BCUT2D eigenvalue weighted by atomic mass is 16.5. The van der Waals surface area contributed by atoms with Gasteiger partial charge in [-0.2, -0.15) is 5.10 Å². The SMILES string of the molecule is COc1ccc2cc1OCCCNC(=O)c1cc(ccc1O)Oc1ccc3c(c1)CCN(C(=O)c1cc(-c4ccccc4)nn1-c1ccccc1)C23. The molecule has 260 valence electrons. The van der Waals surface area contributed by atoms with E-state index in [-0.39, 0.29) is 17.2 Å². The van der Waals surface area contributed by atoms with Crippen LogP contribution in [0.3, 0.4) is 0 Å². The fourth-order valence-corrected chi connectivity index (χ4v) is 6.87. The van der Waals surface area contributed by atoms with E-state index in [0.29, 0.717) is 66.9 Å². The number of fused-ring (bicyclic) bond motifs is 6. The first-order chi connectivity index (χ1) is 25.5. The van der Waals surface area contributed by atoms with Crippen LogP contribution in [0.5, 0.6) is 28.7 Å². The van der Waals surface area contributed by atoms with Crippen LogP contribution in [-0.2, 0) is 6.42 Å². The lowest BCUT2D eigenvalue weighted by atomic mass is 9.87. The second kappa shape index (κ2) is 14.0. The lowest BCUT2D eigenvalue weighted by Gasteiger charge is -2.38. The quantitative estimate of drug-likeness (QED) is 0.199. The minimum atomic E-state index is -0.476. The summed E-state index contributed by atoms with van der Waals surface area (Å²) < 4.78 is 19.9. The molecule has 6 aromatic rings. The maximum Gasteiger partial charge on any atom is 0.273 e. The molecule has 0 radical (unpaired) electrons. The van der Waals surface area contributed by atoms with E-state index in [4.69, 9.17) is 19.3 Å². The van der Waals surface area contributed by atoms with E-state index >= 15 is 0 Å². The van der Waals surface area contributed by atoms with E-state index < -0.39 is 11.9 Å². The Labute approximate surface area is 300 Å². The van der Waals surface area contributed by atoms with Gasteiger partial charge in [0.25, 0.3) is 11.8 Å². The molecule has 1 atom stereocenters. The molecule has 5 aromatic carbocycles. The largest absolute Gasteiger partial charge is 0.507 e. The van der Waals surface area contributed by atoms with Gasteiger partial charge in [-0.15, -0.1) is 0 Å². The van der Waals surface area contributed by atoms with Gasteiger partial charge in [-0.25, -0.2) is 4.68 Å². The molecule has 0 fully saturated rings. The van der Waals surface area contributed by atoms with Crippen LogP contribution in [0.2, 0.25) is 0 Å². The molecule has 1 unspecified atom stereocenters.